The number of hydrogen-bond acceptors (Lipinski definition) is 3. The first-order chi connectivity index (χ1) is 38.4. The Kier molecular flexibility index (Phi) is 4.77. The van der Waals surface area contributed by atoms with Crippen molar-refractivity contribution in [3.63, 3.8) is 0 Å². The zero-order valence-electron chi connectivity index (χ0n) is 49.1. The average molecular weight is 834 g/mol. The van der Waals surface area contributed by atoms with Crippen molar-refractivity contribution >= 4 is 87.2 Å². The monoisotopic (exact) mass is 833 g/mol. The van der Waals surface area contributed by atoms with Crippen LogP contribution in [0.5, 0.6) is 0 Å². The van der Waals surface area contributed by atoms with Crippen molar-refractivity contribution in [2.75, 3.05) is 0 Å². The third kappa shape index (κ3) is 4.83. The van der Waals surface area contributed by atoms with Crippen LogP contribution in [0.25, 0.3) is 122 Å². The van der Waals surface area contributed by atoms with Gasteiger partial charge in [-0.15, -0.1) is 0 Å². The van der Waals surface area contributed by atoms with Crippen molar-refractivity contribution in [3.8, 4) is 34.7 Å². The van der Waals surface area contributed by atoms with E-state index in [0.29, 0.717) is 27.8 Å². The molecular formula is C57H35N7. The lowest BCUT2D eigenvalue weighted by molar-refractivity contribution is 0.890. The zero-order valence-corrected chi connectivity index (χ0v) is 33.1. The molecule has 298 valence electrons. The highest BCUT2D eigenvalue weighted by Crippen LogP contribution is 2.42. The molecule has 64 heavy (non-hydrogen) atoms. The molecule has 14 aromatic rings. The Morgan fingerprint density at radius 2 is 0.594 bits per heavy atom. The maximum atomic E-state index is 9.58. The fourth-order valence-electron chi connectivity index (χ4n) is 9.40. The van der Waals surface area contributed by atoms with E-state index in [1.54, 1.807) is 22.8 Å². The van der Waals surface area contributed by atoms with Gasteiger partial charge in [0.25, 0.3) is 0 Å². The van der Waals surface area contributed by atoms with Crippen molar-refractivity contribution < 1.29 is 21.9 Å². The molecule has 5 heterocycles. The Morgan fingerprint density at radius 1 is 0.281 bits per heavy atom. The second-order valence-corrected chi connectivity index (χ2v) is 15.2. The molecule has 0 saturated carbocycles. The molecule has 7 heteroatoms. The summed E-state index contributed by atoms with van der Waals surface area (Å²) in [5.41, 5.74) is 2.24. The molecule has 0 unspecified atom stereocenters. The summed E-state index contributed by atoms with van der Waals surface area (Å²) in [5.74, 6) is -0.628. The number of fused-ring (bicyclic) bond motifs is 12. The minimum atomic E-state index is -0.668. The van der Waals surface area contributed by atoms with Gasteiger partial charge in [-0.3, -0.25) is 9.13 Å². The minimum Gasteiger partial charge on any atom is -0.308 e. The summed E-state index contributed by atoms with van der Waals surface area (Å²) in [7, 11) is 0. The summed E-state index contributed by atoms with van der Waals surface area (Å²) < 4.78 is 153. The summed E-state index contributed by atoms with van der Waals surface area (Å²) in [6, 6.07) is 25.7. The van der Waals surface area contributed by atoms with Gasteiger partial charge in [0.05, 0.1) is 83.0 Å². The Labute approximate surface area is 388 Å². The fraction of sp³-hybridized carbons (Fsp3) is 0. The number of aromatic nitrogens is 7. The number of benzene rings is 9. The van der Waals surface area contributed by atoms with Crippen molar-refractivity contribution in [2.45, 2.75) is 0 Å². The van der Waals surface area contributed by atoms with Gasteiger partial charge >= 0.3 is 0 Å². The Morgan fingerprint density at radius 3 is 1.00 bits per heavy atom. The van der Waals surface area contributed by atoms with E-state index < -0.39 is 96.7 Å². The first kappa shape index (κ1) is 22.9. The molecule has 0 bridgehead atoms. The van der Waals surface area contributed by atoms with E-state index in [0.717, 1.165) is 21.5 Å². The highest BCUT2D eigenvalue weighted by Gasteiger charge is 2.26. The van der Waals surface area contributed by atoms with Gasteiger partial charge in [0, 0.05) is 43.1 Å². The first-order valence-electron chi connectivity index (χ1n) is 28.3. The molecule has 0 aliphatic carbocycles. The summed E-state index contributed by atoms with van der Waals surface area (Å²) in [6.07, 6.45) is 0. The van der Waals surface area contributed by atoms with Crippen LogP contribution in [0.3, 0.4) is 0 Å². The van der Waals surface area contributed by atoms with E-state index in [1.165, 1.54) is 9.13 Å². The molecule has 7 nitrogen and oxygen atoms in total. The lowest BCUT2D eigenvalue weighted by Crippen LogP contribution is -2.12. The third-order valence-corrected chi connectivity index (χ3v) is 12.0. The van der Waals surface area contributed by atoms with Gasteiger partial charge in [-0.2, -0.15) is 15.0 Å². The van der Waals surface area contributed by atoms with Crippen molar-refractivity contribution in [2.24, 2.45) is 0 Å². The van der Waals surface area contributed by atoms with Crippen LogP contribution in [0, 0.1) is 0 Å². The van der Waals surface area contributed by atoms with Crippen molar-refractivity contribution in [3.05, 3.63) is 212 Å². The summed E-state index contributed by atoms with van der Waals surface area (Å²) in [6.45, 7) is 0. The second kappa shape index (κ2) is 13.3. The SMILES string of the molecule is [2H]c1c([2H])c([2H])c2c(c1[2H])c1c([2H])c([2H])c([2H])c([2H])c1n2-c1nc(-c2c(-n3c4ccccc4c4ccccc43)cccc2-n2c3c([2H])c([2H])c([2H])c([2H])c3c3c([2H])c([2H])c([2H])c([2H])c32)nc(-n2c3ccccc3c3ccccc32)n1. The molecule has 0 N–H and O–H groups in total. The molecule has 5 aromatic heterocycles. The van der Waals surface area contributed by atoms with E-state index in [-0.39, 0.29) is 72.6 Å². The van der Waals surface area contributed by atoms with Crippen LogP contribution in [-0.4, -0.2) is 33.2 Å². The minimum absolute atomic E-state index is 0.0656. The van der Waals surface area contributed by atoms with Crippen molar-refractivity contribution in [1.82, 2.24) is 33.2 Å². The van der Waals surface area contributed by atoms with Crippen LogP contribution >= 0.6 is 0 Å². The van der Waals surface area contributed by atoms with Crippen LogP contribution in [0.4, 0.5) is 0 Å². The van der Waals surface area contributed by atoms with E-state index >= 15 is 0 Å². The lowest BCUT2D eigenvalue weighted by Gasteiger charge is -2.20. The standard InChI is InChI=1S/C57H35N7/c1-9-26-44-36(18-1)37-19-2-10-27-45(37)61(44)52-34-17-35-53(62-46-28-11-3-20-38(46)39-21-4-12-29-47(39)62)54(52)55-58-56(63-48-30-13-5-22-40(48)41-23-6-14-31-49(41)63)60-57(59-55)64-50-32-15-7-24-42(50)43-25-8-16-33-51(43)64/h1-35H/i1D,2D,5D,6D,9D,10D,13D,14D,18D,19D,22D,23D,26D,27D,30D,31D. The Balaban J connectivity index is 1.26. The molecule has 0 fully saturated rings. The molecule has 0 saturated heterocycles. The summed E-state index contributed by atoms with van der Waals surface area (Å²) >= 11 is 0. The maximum Gasteiger partial charge on any atom is 0.240 e. The third-order valence-electron chi connectivity index (χ3n) is 12.0. The maximum absolute atomic E-state index is 9.58. The molecular weight excluding hydrogens is 783 g/mol. The van der Waals surface area contributed by atoms with Crippen LogP contribution in [0.2, 0.25) is 0 Å². The van der Waals surface area contributed by atoms with Crippen LogP contribution in [0.1, 0.15) is 21.9 Å². The average Bonchev–Trinajstić information content (AvgIpc) is 4.34. The largest absolute Gasteiger partial charge is 0.308 e. The van der Waals surface area contributed by atoms with Crippen LogP contribution < -0.4 is 0 Å². The van der Waals surface area contributed by atoms with E-state index in [2.05, 4.69) is 0 Å². The zero-order chi connectivity index (χ0) is 55.8. The molecule has 14 rings (SSSR count). The molecule has 0 spiro atoms. The topological polar surface area (TPSA) is 58.4 Å². The molecule has 0 amide bonds. The lowest BCUT2D eigenvalue weighted by atomic mass is 10.1. The first-order valence-corrected chi connectivity index (χ1v) is 20.3. The molecule has 0 radical (unpaired) electrons. The quantitative estimate of drug-likeness (QED) is 0.174. The van der Waals surface area contributed by atoms with Crippen LogP contribution in [-0.2, 0) is 0 Å². The van der Waals surface area contributed by atoms with Gasteiger partial charge in [0.15, 0.2) is 5.82 Å². The second-order valence-electron chi connectivity index (χ2n) is 15.2. The van der Waals surface area contributed by atoms with Gasteiger partial charge in [0.2, 0.25) is 11.9 Å². The van der Waals surface area contributed by atoms with Gasteiger partial charge in [-0.25, -0.2) is 0 Å². The molecule has 0 aliphatic heterocycles. The van der Waals surface area contributed by atoms with E-state index in [1.807, 2.05) is 102 Å². The normalized spacial score (nSPS) is 15.6. The van der Waals surface area contributed by atoms with Crippen molar-refractivity contribution in [1.29, 1.82) is 0 Å². The smallest absolute Gasteiger partial charge is 0.240 e. The Bertz CT molecular complexity index is 4910. The van der Waals surface area contributed by atoms with Gasteiger partial charge in [-0.05, 0) is 60.6 Å². The predicted molar refractivity (Wildman–Crippen MR) is 263 cm³/mol. The molecule has 9 aromatic carbocycles. The number of rotatable bonds is 5. The number of para-hydroxylation sites is 8. The fourth-order valence-corrected chi connectivity index (χ4v) is 9.40. The molecule has 0 atom stereocenters. The van der Waals surface area contributed by atoms with Gasteiger partial charge in [0.1, 0.15) is 0 Å². The predicted octanol–water partition coefficient (Wildman–Crippen LogP) is 13.9. The van der Waals surface area contributed by atoms with E-state index in [4.69, 9.17) is 25.9 Å². The van der Waals surface area contributed by atoms with Crippen LogP contribution in [0.15, 0.2) is 212 Å². The highest BCUT2D eigenvalue weighted by molar-refractivity contribution is 6.13. The Hall–Kier alpha value is -8.81. The highest BCUT2D eigenvalue weighted by atomic mass is 15.3. The summed E-state index contributed by atoms with van der Waals surface area (Å²) in [5, 5.41) is 2.48. The van der Waals surface area contributed by atoms with Gasteiger partial charge in [-0.1, -0.05) is 151 Å². The molecule has 0 aliphatic rings. The van der Waals surface area contributed by atoms with Gasteiger partial charge < -0.3 is 9.13 Å². The van der Waals surface area contributed by atoms with E-state index in [9.17, 15) is 11.0 Å². The summed E-state index contributed by atoms with van der Waals surface area (Å²) in [4.78, 5) is 15.8. The number of hydrogen-bond donors (Lipinski definition) is 0. The number of nitrogens with zero attached hydrogens (tertiary/aromatic N) is 7.